The Morgan fingerprint density at radius 2 is 2.11 bits per heavy atom. The second-order valence-corrected chi connectivity index (χ2v) is 4.01. The molecule has 2 rings (SSSR count). The van der Waals surface area contributed by atoms with Crippen LogP contribution in [-0.2, 0) is 13.5 Å². The Balaban J connectivity index is 2.04. The highest BCUT2D eigenvalue weighted by Gasteiger charge is 2.11. The Morgan fingerprint density at radius 1 is 1.33 bits per heavy atom. The summed E-state index contributed by atoms with van der Waals surface area (Å²) >= 11 is 0. The number of carbonyl (C=O) groups excluding carboxylic acids is 1. The topological polar surface area (TPSA) is 34.9 Å². The molecule has 0 bridgehead atoms. The summed E-state index contributed by atoms with van der Waals surface area (Å²) < 4.78 is 27.5. The molecule has 1 aromatic carbocycles. The third kappa shape index (κ3) is 2.61. The summed E-state index contributed by atoms with van der Waals surface area (Å²) in [6.45, 7) is 0. The van der Waals surface area contributed by atoms with Crippen molar-refractivity contribution in [2.24, 2.45) is 7.05 Å². The first-order chi connectivity index (χ1) is 8.58. The standard InChI is InChI=1S/C13H12F2N2O/c1-17-7-6-16-13(17)5-4-12(18)9-2-3-10(14)11(15)8-9/h2-3,6-8H,4-5H2,1H3. The van der Waals surface area contributed by atoms with Crippen LogP contribution in [0.15, 0.2) is 30.6 Å². The number of aromatic nitrogens is 2. The molecule has 0 aliphatic carbocycles. The molecule has 0 spiro atoms. The zero-order chi connectivity index (χ0) is 13.1. The van der Waals surface area contributed by atoms with Crippen molar-refractivity contribution < 1.29 is 13.6 Å². The molecular formula is C13H12F2N2O. The molecule has 0 saturated heterocycles. The van der Waals surface area contributed by atoms with Crippen LogP contribution in [-0.4, -0.2) is 15.3 Å². The normalized spacial score (nSPS) is 10.6. The molecule has 0 aliphatic heterocycles. The van der Waals surface area contributed by atoms with Crippen LogP contribution in [0.4, 0.5) is 8.78 Å². The average Bonchev–Trinajstić information content (AvgIpc) is 2.75. The zero-order valence-corrected chi connectivity index (χ0v) is 9.86. The first kappa shape index (κ1) is 12.4. The molecule has 0 unspecified atom stereocenters. The monoisotopic (exact) mass is 250 g/mol. The van der Waals surface area contributed by atoms with Crippen molar-refractivity contribution in [3.63, 3.8) is 0 Å². The van der Waals surface area contributed by atoms with Crippen molar-refractivity contribution in [2.45, 2.75) is 12.8 Å². The Morgan fingerprint density at radius 3 is 2.72 bits per heavy atom. The minimum Gasteiger partial charge on any atom is -0.338 e. The second kappa shape index (κ2) is 5.08. The molecule has 0 aliphatic rings. The largest absolute Gasteiger partial charge is 0.338 e. The molecular weight excluding hydrogens is 238 g/mol. The van der Waals surface area contributed by atoms with Crippen LogP contribution in [0, 0.1) is 11.6 Å². The molecule has 3 nitrogen and oxygen atoms in total. The van der Waals surface area contributed by atoms with Crippen LogP contribution >= 0.6 is 0 Å². The van der Waals surface area contributed by atoms with E-state index in [1.54, 1.807) is 12.4 Å². The minimum absolute atomic E-state index is 0.183. The van der Waals surface area contributed by atoms with Crippen LogP contribution in [0.3, 0.4) is 0 Å². The van der Waals surface area contributed by atoms with Gasteiger partial charge in [-0.25, -0.2) is 13.8 Å². The second-order valence-electron chi connectivity index (χ2n) is 4.01. The summed E-state index contributed by atoms with van der Waals surface area (Å²) in [5, 5.41) is 0. The number of carbonyl (C=O) groups is 1. The van der Waals surface area contributed by atoms with Gasteiger partial charge in [0, 0.05) is 37.8 Å². The van der Waals surface area contributed by atoms with Crippen LogP contribution in [0.1, 0.15) is 22.6 Å². The third-order valence-electron chi connectivity index (χ3n) is 2.74. The van der Waals surface area contributed by atoms with Crippen molar-refractivity contribution in [3.05, 3.63) is 53.6 Å². The highest BCUT2D eigenvalue weighted by Crippen LogP contribution is 2.12. The smallest absolute Gasteiger partial charge is 0.163 e. The highest BCUT2D eigenvalue weighted by atomic mass is 19.2. The van der Waals surface area contributed by atoms with Gasteiger partial charge in [-0.3, -0.25) is 4.79 Å². The van der Waals surface area contributed by atoms with Gasteiger partial charge in [0.15, 0.2) is 17.4 Å². The number of aryl methyl sites for hydroxylation is 2. The van der Waals surface area contributed by atoms with Crippen molar-refractivity contribution in [1.29, 1.82) is 0 Å². The summed E-state index contributed by atoms with van der Waals surface area (Å²) in [6, 6.07) is 3.18. The predicted octanol–water partition coefficient (Wildman–Crippen LogP) is 2.51. The quantitative estimate of drug-likeness (QED) is 0.781. The molecule has 5 heteroatoms. The lowest BCUT2D eigenvalue weighted by Gasteiger charge is -2.02. The average molecular weight is 250 g/mol. The number of rotatable bonds is 4. The number of ketones is 1. The van der Waals surface area contributed by atoms with Gasteiger partial charge in [-0.1, -0.05) is 0 Å². The Kier molecular flexibility index (Phi) is 3.50. The minimum atomic E-state index is -1.00. The molecule has 18 heavy (non-hydrogen) atoms. The number of halogens is 2. The fourth-order valence-electron chi connectivity index (χ4n) is 1.68. The third-order valence-corrected chi connectivity index (χ3v) is 2.74. The van der Waals surface area contributed by atoms with E-state index in [0.717, 1.165) is 18.0 Å². The molecule has 1 aromatic heterocycles. The number of nitrogens with zero attached hydrogens (tertiary/aromatic N) is 2. The lowest BCUT2D eigenvalue weighted by atomic mass is 10.1. The van der Waals surface area contributed by atoms with Gasteiger partial charge in [0.05, 0.1) is 0 Å². The van der Waals surface area contributed by atoms with Gasteiger partial charge in [0.1, 0.15) is 5.82 Å². The number of imidazole rings is 1. The van der Waals surface area contributed by atoms with E-state index in [1.165, 1.54) is 6.07 Å². The Hall–Kier alpha value is -2.04. The summed E-state index contributed by atoms with van der Waals surface area (Å²) in [5.41, 5.74) is 0.183. The van der Waals surface area contributed by atoms with E-state index in [4.69, 9.17) is 0 Å². The Labute approximate surface area is 103 Å². The maximum atomic E-state index is 13.0. The van der Waals surface area contributed by atoms with E-state index in [9.17, 15) is 13.6 Å². The van der Waals surface area contributed by atoms with E-state index in [1.807, 2.05) is 11.6 Å². The molecule has 1 heterocycles. The van der Waals surface area contributed by atoms with Crippen LogP contribution in [0.2, 0.25) is 0 Å². The maximum Gasteiger partial charge on any atom is 0.163 e. The molecule has 2 aromatic rings. The summed E-state index contributed by atoms with van der Waals surface area (Å²) in [5.74, 6) is -1.39. The highest BCUT2D eigenvalue weighted by molar-refractivity contribution is 5.96. The summed E-state index contributed by atoms with van der Waals surface area (Å²) in [6.07, 6.45) is 4.13. The van der Waals surface area contributed by atoms with Crippen LogP contribution in [0.25, 0.3) is 0 Å². The fraction of sp³-hybridized carbons (Fsp3) is 0.231. The fourth-order valence-corrected chi connectivity index (χ4v) is 1.68. The zero-order valence-electron chi connectivity index (χ0n) is 9.86. The first-order valence-electron chi connectivity index (χ1n) is 5.52. The van der Waals surface area contributed by atoms with Gasteiger partial charge in [0.2, 0.25) is 0 Å². The van der Waals surface area contributed by atoms with E-state index in [0.29, 0.717) is 6.42 Å². The van der Waals surface area contributed by atoms with Crippen molar-refractivity contribution in [1.82, 2.24) is 9.55 Å². The molecule has 0 radical (unpaired) electrons. The van der Waals surface area contributed by atoms with Gasteiger partial charge >= 0.3 is 0 Å². The molecule has 0 fully saturated rings. The van der Waals surface area contributed by atoms with Crippen molar-refractivity contribution in [3.8, 4) is 0 Å². The molecule has 0 amide bonds. The Bertz CT molecular complexity index is 578. The lowest BCUT2D eigenvalue weighted by molar-refractivity contribution is 0.0981. The summed E-state index contributed by atoms with van der Waals surface area (Å²) in [4.78, 5) is 15.9. The number of Topliss-reactive ketones (excluding diaryl/α,β-unsaturated/α-hetero) is 1. The van der Waals surface area contributed by atoms with Gasteiger partial charge in [0.25, 0.3) is 0 Å². The molecule has 94 valence electrons. The number of hydrogen-bond acceptors (Lipinski definition) is 2. The van der Waals surface area contributed by atoms with Gasteiger partial charge < -0.3 is 4.57 Å². The molecule has 0 N–H and O–H groups in total. The van der Waals surface area contributed by atoms with Crippen molar-refractivity contribution >= 4 is 5.78 Å². The molecule has 0 saturated carbocycles. The predicted molar refractivity (Wildman–Crippen MR) is 62.2 cm³/mol. The maximum absolute atomic E-state index is 13.0. The van der Waals surface area contributed by atoms with Gasteiger partial charge in [-0.2, -0.15) is 0 Å². The van der Waals surface area contributed by atoms with Crippen molar-refractivity contribution in [2.75, 3.05) is 0 Å². The number of hydrogen-bond donors (Lipinski definition) is 0. The van der Waals surface area contributed by atoms with Crippen LogP contribution in [0.5, 0.6) is 0 Å². The SMILES string of the molecule is Cn1ccnc1CCC(=O)c1ccc(F)c(F)c1. The summed E-state index contributed by atoms with van der Waals surface area (Å²) in [7, 11) is 1.84. The van der Waals surface area contributed by atoms with E-state index < -0.39 is 11.6 Å². The lowest BCUT2D eigenvalue weighted by Crippen LogP contribution is -2.05. The molecule has 0 atom stereocenters. The van der Waals surface area contributed by atoms with Gasteiger partial charge in [-0.15, -0.1) is 0 Å². The van der Waals surface area contributed by atoms with Gasteiger partial charge in [-0.05, 0) is 18.2 Å². The van der Waals surface area contributed by atoms with E-state index in [-0.39, 0.29) is 17.8 Å². The van der Waals surface area contributed by atoms with Crippen LogP contribution < -0.4 is 0 Å². The van der Waals surface area contributed by atoms with E-state index in [2.05, 4.69) is 4.98 Å². The number of benzene rings is 1. The van der Waals surface area contributed by atoms with E-state index >= 15 is 0 Å². The first-order valence-corrected chi connectivity index (χ1v) is 5.52.